The molecule has 2 aromatic carbocycles. The highest BCUT2D eigenvalue weighted by Crippen LogP contribution is 2.17. The smallest absolute Gasteiger partial charge is 0.278 e. The van der Waals surface area contributed by atoms with Gasteiger partial charge in [-0.15, -0.1) is 5.10 Å². The van der Waals surface area contributed by atoms with Crippen LogP contribution in [0.15, 0.2) is 42.5 Å². The number of nitrogens with one attached hydrogen (secondary N) is 1. The molecule has 5 nitrogen and oxygen atoms in total. The molecule has 0 radical (unpaired) electrons. The Morgan fingerprint density at radius 1 is 1.08 bits per heavy atom. The van der Waals surface area contributed by atoms with Crippen molar-refractivity contribution in [3.05, 3.63) is 70.8 Å². The van der Waals surface area contributed by atoms with Crippen molar-refractivity contribution in [1.29, 1.82) is 0 Å². The average Bonchev–Trinajstić information content (AvgIpc) is 2.91. The van der Waals surface area contributed by atoms with Crippen LogP contribution < -0.4 is 5.32 Å². The van der Waals surface area contributed by atoms with E-state index in [4.69, 9.17) is 0 Å². The molecule has 6 heteroatoms. The Kier molecular flexibility index (Phi) is 4.12. The molecule has 122 valence electrons. The fourth-order valence-electron chi connectivity index (χ4n) is 2.47. The second-order valence-electron chi connectivity index (χ2n) is 5.65. The lowest BCUT2D eigenvalue weighted by Crippen LogP contribution is -2.15. The fourth-order valence-corrected chi connectivity index (χ4v) is 2.47. The molecule has 0 saturated heterocycles. The molecule has 0 spiro atoms. The van der Waals surface area contributed by atoms with Crippen LogP contribution in [0, 0.1) is 26.6 Å². The highest BCUT2D eigenvalue weighted by atomic mass is 19.1. The third-order valence-electron chi connectivity index (χ3n) is 3.69. The van der Waals surface area contributed by atoms with Gasteiger partial charge in [0.2, 0.25) is 0 Å². The minimum atomic E-state index is -0.495. The third kappa shape index (κ3) is 3.03. The molecule has 0 aliphatic rings. The molecule has 24 heavy (non-hydrogen) atoms. The van der Waals surface area contributed by atoms with Gasteiger partial charge in [0.05, 0.1) is 17.1 Å². The first-order valence-electron chi connectivity index (χ1n) is 7.53. The molecular weight excluding hydrogens is 307 g/mol. The summed E-state index contributed by atoms with van der Waals surface area (Å²) in [5, 5.41) is 11.1. The van der Waals surface area contributed by atoms with E-state index < -0.39 is 11.7 Å². The van der Waals surface area contributed by atoms with Crippen LogP contribution in [0.25, 0.3) is 5.69 Å². The Hall–Kier alpha value is -3.02. The highest BCUT2D eigenvalue weighted by molar-refractivity contribution is 6.03. The van der Waals surface area contributed by atoms with Gasteiger partial charge in [0.1, 0.15) is 5.82 Å². The molecule has 3 rings (SSSR count). The van der Waals surface area contributed by atoms with E-state index in [1.54, 1.807) is 19.1 Å². The number of rotatable bonds is 3. The zero-order valence-electron chi connectivity index (χ0n) is 13.7. The molecule has 1 aromatic heterocycles. The van der Waals surface area contributed by atoms with E-state index in [0.717, 1.165) is 16.8 Å². The molecule has 0 fully saturated rings. The van der Waals surface area contributed by atoms with Crippen molar-refractivity contribution in [3.63, 3.8) is 0 Å². The maximum absolute atomic E-state index is 13.7. The summed E-state index contributed by atoms with van der Waals surface area (Å²) in [5.74, 6) is -0.987. The van der Waals surface area contributed by atoms with E-state index in [-0.39, 0.29) is 11.4 Å². The van der Waals surface area contributed by atoms with Gasteiger partial charge in [0, 0.05) is 0 Å². The van der Waals surface area contributed by atoms with Crippen LogP contribution in [0.3, 0.4) is 0 Å². The van der Waals surface area contributed by atoms with Crippen molar-refractivity contribution >= 4 is 11.6 Å². The summed E-state index contributed by atoms with van der Waals surface area (Å²) >= 11 is 0. The summed E-state index contributed by atoms with van der Waals surface area (Å²) in [6, 6.07) is 11.9. The first kappa shape index (κ1) is 15.9. The molecule has 0 atom stereocenters. The number of amides is 1. The minimum Gasteiger partial charge on any atom is -0.318 e. The predicted octanol–water partition coefficient (Wildman–Crippen LogP) is 3.58. The number of benzene rings is 2. The number of anilines is 1. The Morgan fingerprint density at radius 3 is 2.54 bits per heavy atom. The third-order valence-corrected chi connectivity index (χ3v) is 3.69. The van der Waals surface area contributed by atoms with Crippen LogP contribution in [0.5, 0.6) is 0 Å². The first-order valence-corrected chi connectivity index (χ1v) is 7.53. The lowest BCUT2D eigenvalue weighted by Gasteiger charge is -2.05. The van der Waals surface area contributed by atoms with E-state index in [1.165, 1.54) is 16.9 Å². The van der Waals surface area contributed by atoms with Gasteiger partial charge in [-0.2, -0.15) is 9.90 Å². The standard InChI is InChI=1S/C18H17FN4O/c1-11-8-9-16(12(2)10-11)23-21-13(3)17(22-23)18(24)20-15-7-5-4-6-14(15)19/h4-10H,1-3H3,(H,20,24). The van der Waals surface area contributed by atoms with Crippen molar-refractivity contribution in [2.45, 2.75) is 20.8 Å². The maximum atomic E-state index is 13.7. The van der Waals surface area contributed by atoms with E-state index in [9.17, 15) is 9.18 Å². The molecule has 0 bridgehead atoms. The molecule has 1 heterocycles. The Bertz CT molecular complexity index is 917. The number of hydrogen-bond donors (Lipinski definition) is 1. The molecule has 0 saturated carbocycles. The highest BCUT2D eigenvalue weighted by Gasteiger charge is 2.18. The molecule has 0 aliphatic heterocycles. The largest absolute Gasteiger partial charge is 0.318 e. The number of hydrogen-bond acceptors (Lipinski definition) is 3. The van der Waals surface area contributed by atoms with Gasteiger partial charge in [0.15, 0.2) is 5.69 Å². The molecule has 3 aromatic rings. The molecular formula is C18H17FN4O. The number of carbonyl (C=O) groups excluding carboxylic acids is 1. The summed E-state index contributed by atoms with van der Waals surface area (Å²) in [6.45, 7) is 5.66. The van der Waals surface area contributed by atoms with Gasteiger partial charge in [-0.1, -0.05) is 29.8 Å². The van der Waals surface area contributed by atoms with Gasteiger partial charge < -0.3 is 5.32 Å². The normalized spacial score (nSPS) is 10.7. The predicted molar refractivity (Wildman–Crippen MR) is 89.9 cm³/mol. The Labute approximate surface area is 139 Å². The monoisotopic (exact) mass is 324 g/mol. The Balaban J connectivity index is 1.91. The quantitative estimate of drug-likeness (QED) is 0.801. The van der Waals surface area contributed by atoms with Crippen LogP contribution in [0.2, 0.25) is 0 Å². The fraction of sp³-hybridized carbons (Fsp3) is 0.167. The van der Waals surface area contributed by atoms with Crippen molar-refractivity contribution in [3.8, 4) is 5.69 Å². The number of para-hydroxylation sites is 1. The minimum absolute atomic E-state index is 0.114. The number of aryl methyl sites for hydroxylation is 3. The van der Waals surface area contributed by atoms with E-state index in [2.05, 4.69) is 15.5 Å². The molecule has 0 aliphatic carbocycles. The summed E-state index contributed by atoms with van der Waals surface area (Å²) < 4.78 is 13.7. The second-order valence-corrected chi connectivity index (χ2v) is 5.65. The summed E-state index contributed by atoms with van der Waals surface area (Å²) in [5.41, 5.74) is 3.70. The van der Waals surface area contributed by atoms with Crippen LogP contribution in [-0.2, 0) is 0 Å². The van der Waals surface area contributed by atoms with E-state index in [1.807, 2.05) is 32.0 Å². The van der Waals surface area contributed by atoms with Crippen LogP contribution >= 0.6 is 0 Å². The van der Waals surface area contributed by atoms with Crippen molar-refractivity contribution in [2.75, 3.05) is 5.32 Å². The van der Waals surface area contributed by atoms with Crippen molar-refractivity contribution in [2.24, 2.45) is 0 Å². The SMILES string of the molecule is Cc1ccc(-n2nc(C)c(C(=O)Nc3ccccc3F)n2)c(C)c1. The van der Waals surface area contributed by atoms with Crippen molar-refractivity contribution < 1.29 is 9.18 Å². The maximum Gasteiger partial charge on any atom is 0.278 e. The average molecular weight is 324 g/mol. The first-order chi connectivity index (χ1) is 11.5. The number of halogens is 1. The zero-order chi connectivity index (χ0) is 17.3. The molecule has 0 unspecified atom stereocenters. The molecule has 1 amide bonds. The van der Waals surface area contributed by atoms with E-state index >= 15 is 0 Å². The van der Waals surface area contributed by atoms with Crippen LogP contribution in [-0.4, -0.2) is 20.9 Å². The van der Waals surface area contributed by atoms with E-state index in [0.29, 0.717) is 5.69 Å². The van der Waals surface area contributed by atoms with Gasteiger partial charge in [-0.3, -0.25) is 4.79 Å². The summed E-state index contributed by atoms with van der Waals surface area (Å²) in [7, 11) is 0. The van der Waals surface area contributed by atoms with Crippen molar-refractivity contribution in [1.82, 2.24) is 15.0 Å². The summed E-state index contributed by atoms with van der Waals surface area (Å²) in [4.78, 5) is 13.8. The van der Waals surface area contributed by atoms with Gasteiger partial charge in [0.25, 0.3) is 5.91 Å². The second kappa shape index (κ2) is 6.23. The topological polar surface area (TPSA) is 59.8 Å². The van der Waals surface area contributed by atoms with Crippen LogP contribution in [0.4, 0.5) is 10.1 Å². The van der Waals surface area contributed by atoms with Crippen LogP contribution in [0.1, 0.15) is 27.3 Å². The Morgan fingerprint density at radius 2 is 1.83 bits per heavy atom. The van der Waals surface area contributed by atoms with Gasteiger partial charge >= 0.3 is 0 Å². The van der Waals surface area contributed by atoms with Gasteiger partial charge in [-0.25, -0.2) is 4.39 Å². The van der Waals surface area contributed by atoms with Gasteiger partial charge in [-0.05, 0) is 44.5 Å². The number of carbonyl (C=O) groups is 1. The summed E-state index contributed by atoms with van der Waals surface area (Å²) in [6.07, 6.45) is 0. The number of aromatic nitrogens is 3. The molecule has 1 N–H and O–H groups in total. The number of nitrogens with zero attached hydrogens (tertiary/aromatic N) is 3. The zero-order valence-corrected chi connectivity index (χ0v) is 13.7. The lowest BCUT2D eigenvalue weighted by molar-refractivity contribution is 0.102. The lowest BCUT2D eigenvalue weighted by atomic mass is 10.1.